The smallest absolute Gasteiger partial charge is 0.190 e. The summed E-state index contributed by atoms with van der Waals surface area (Å²) in [5, 5.41) is 3.66. The maximum Gasteiger partial charge on any atom is 0.190 e. The number of carbonyl (C=O) groups is 2. The van der Waals surface area contributed by atoms with Crippen molar-refractivity contribution in [3.63, 3.8) is 0 Å². The van der Waals surface area contributed by atoms with Crippen molar-refractivity contribution in [3.8, 4) is 5.75 Å². The van der Waals surface area contributed by atoms with Crippen LogP contribution in [0.1, 0.15) is 32.8 Å². The van der Waals surface area contributed by atoms with Gasteiger partial charge in [0, 0.05) is 16.2 Å². The Bertz CT molecular complexity index is 1010. The maximum atomic E-state index is 12.4. The summed E-state index contributed by atoms with van der Waals surface area (Å²) in [7, 11) is 0. The molecule has 3 nitrogen and oxygen atoms in total. The van der Waals surface area contributed by atoms with Gasteiger partial charge in [0.1, 0.15) is 11.4 Å². The number of hydrogen-bond donors (Lipinski definition) is 0. The largest absolute Gasteiger partial charge is 0.487 e. The molecule has 0 N–H and O–H groups in total. The molecule has 0 bridgehead atoms. The molecule has 1 aliphatic heterocycles. The second kappa shape index (κ2) is 4.54. The van der Waals surface area contributed by atoms with Crippen LogP contribution in [0.25, 0.3) is 22.4 Å². The Hall–Kier alpha value is -2.42. The van der Waals surface area contributed by atoms with Gasteiger partial charge in [-0.2, -0.15) is 0 Å². The predicted octanol–water partition coefficient (Wildman–Crippen LogP) is 2.05. The van der Waals surface area contributed by atoms with Crippen LogP contribution in [0.3, 0.4) is 0 Å². The van der Waals surface area contributed by atoms with Crippen molar-refractivity contribution in [1.29, 1.82) is 0 Å². The van der Waals surface area contributed by atoms with E-state index in [9.17, 15) is 9.59 Å². The molecule has 4 rings (SSSR count). The lowest BCUT2D eigenvalue weighted by Crippen LogP contribution is -2.39. The summed E-state index contributed by atoms with van der Waals surface area (Å²) >= 11 is 0. The molecule has 116 valence electrons. The Morgan fingerprint density at radius 3 is 2.57 bits per heavy atom. The van der Waals surface area contributed by atoms with E-state index in [0.29, 0.717) is 5.57 Å². The summed E-state index contributed by atoms with van der Waals surface area (Å²) in [5.41, 5.74) is 1.07. The number of ether oxygens (including phenoxy) is 1. The summed E-state index contributed by atoms with van der Waals surface area (Å²) in [6.07, 6.45) is 3.28. The number of benzene rings is 2. The number of carbonyl (C=O) groups excluding carboxylic acids is 2. The van der Waals surface area contributed by atoms with Crippen LogP contribution in [0, 0.1) is 0 Å². The van der Waals surface area contributed by atoms with Crippen molar-refractivity contribution >= 4 is 34.0 Å². The zero-order valence-corrected chi connectivity index (χ0v) is 13.5. The summed E-state index contributed by atoms with van der Waals surface area (Å²) < 4.78 is 6.27. The standard InChI is InChI=1S/C20H18O3/c1-11(21)17-16(22)10-15-12-6-4-5-7-13(12)19-14(18(15)17)8-9-20(2,3)23-19/h4-7,10H,8-9H2,1-3H3. The third-order valence-corrected chi connectivity index (χ3v) is 4.79. The fourth-order valence-electron chi connectivity index (χ4n) is 3.71. The summed E-state index contributed by atoms with van der Waals surface area (Å²) in [6, 6.07) is 7.95. The molecule has 2 aliphatic rings. The zero-order valence-electron chi connectivity index (χ0n) is 13.5. The van der Waals surface area contributed by atoms with Crippen molar-refractivity contribution in [2.24, 2.45) is 0 Å². The highest BCUT2D eigenvalue weighted by molar-refractivity contribution is 6.50. The first-order valence-corrected chi connectivity index (χ1v) is 7.93. The van der Waals surface area contributed by atoms with Gasteiger partial charge >= 0.3 is 0 Å². The van der Waals surface area contributed by atoms with Crippen molar-refractivity contribution in [3.05, 3.63) is 40.3 Å². The second-order valence-electron chi connectivity index (χ2n) is 6.94. The molecule has 3 heteroatoms. The number of rotatable bonds is 1. The monoisotopic (exact) mass is 306 g/mol. The minimum atomic E-state index is -0.243. The average Bonchev–Trinajstić information content (AvgIpc) is 2.84. The first-order valence-electron chi connectivity index (χ1n) is 7.93. The predicted molar refractivity (Wildman–Crippen MR) is 89.8 cm³/mol. The highest BCUT2D eigenvalue weighted by Crippen LogP contribution is 2.36. The third kappa shape index (κ3) is 1.96. The van der Waals surface area contributed by atoms with Gasteiger partial charge in [0.2, 0.25) is 0 Å². The van der Waals surface area contributed by atoms with E-state index in [1.165, 1.54) is 6.92 Å². The average molecular weight is 306 g/mol. The number of ketones is 2. The molecule has 0 saturated heterocycles. The molecule has 0 unspecified atom stereocenters. The first-order chi connectivity index (χ1) is 10.9. The lowest BCUT2D eigenvalue weighted by molar-refractivity contribution is -0.114. The lowest BCUT2D eigenvalue weighted by atomic mass is 9.89. The van der Waals surface area contributed by atoms with E-state index in [-0.39, 0.29) is 17.2 Å². The van der Waals surface area contributed by atoms with Crippen molar-refractivity contribution in [1.82, 2.24) is 0 Å². The van der Waals surface area contributed by atoms with Crippen LogP contribution in [0.5, 0.6) is 5.75 Å². The number of Topliss-reactive ketones (excluding diaryl/α,β-unsaturated/α-hetero) is 2. The third-order valence-electron chi connectivity index (χ3n) is 4.79. The van der Waals surface area contributed by atoms with Gasteiger partial charge in [-0.25, -0.2) is 0 Å². The highest BCUT2D eigenvalue weighted by Gasteiger charge is 2.32. The van der Waals surface area contributed by atoms with E-state index in [2.05, 4.69) is 13.8 Å². The number of hydrogen-bond acceptors (Lipinski definition) is 3. The quantitative estimate of drug-likeness (QED) is 0.810. The van der Waals surface area contributed by atoms with Crippen LogP contribution in [0.4, 0.5) is 0 Å². The van der Waals surface area contributed by atoms with Gasteiger partial charge in [0.15, 0.2) is 11.6 Å². The first kappa shape index (κ1) is 14.2. The molecule has 0 aromatic heterocycles. The van der Waals surface area contributed by atoms with Gasteiger partial charge in [0.05, 0.1) is 5.57 Å². The normalized spacial score (nSPS) is 18.2. The second-order valence-corrected chi connectivity index (χ2v) is 6.94. The summed E-state index contributed by atoms with van der Waals surface area (Å²) in [4.78, 5) is 24.4. The minimum absolute atomic E-state index is 0.174. The summed E-state index contributed by atoms with van der Waals surface area (Å²) in [5.74, 6) is 0.473. The zero-order chi connectivity index (χ0) is 16.4. The van der Waals surface area contributed by atoms with Crippen LogP contribution in [-0.4, -0.2) is 17.2 Å². The van der Waals surface area contributed by atoms with Crippen molar-refractivity contribution in [2.75, 3.05) is 0 Å². The minimum Gasteiger partial charge on any atom is -0.487 e. The molecule has 0 spiro atoms. The van der Waals surface area contributed by atoms with E-state index in [0.717, 1.165) is 45.4 Å². The van der Waals surface area contributed by atoms with Gasteiger partial charge in [0.25, 0.3) is 0 Å². The van der Waals surface area contributed by atoms with Crippen molar-refractivity contribution < 1.29 is 14.3 Å². The highest BCUT2D eigenvalue weighted by atomic mass is 16.5. The Kier molecular flexibility index (Phi) is 2.80. The molecule has 0 fully saturated rings. The Balaban J connectivity index is 2.26. The maximum absolute atomic E-state index is 12.4. The molecule has 0 amide bonds. The Morgan fingerprint density at radius 1 is 1.17 bits per heavy atom. The van der Waals surface area contributed by atoms with Gasteiger partial charge in [-0.15, -0.1) is 0 Å². The summed E-state index contributed by atoms with van der Waals surface area (Å²) in [6.45, 7) is 5.61. The van der Waals surface area contributed by atoms with Crippen molar-refractivity contribution in [2.45, 2.75) is 39.2 Å². The van der Waals surface area contributed by atoms with Gasteiger partial charge in [-0.1, -0.05) is 24.3 Å². The molecule has 2 aromatic rings. The fraction of sp³-hybridized carbons (Fsp3) is 0.300. The molecule has 23 heavy (non-hydrogen) atoms. The van der Waals surface area contributed by atoms with Gasteiger partial charge < -0.3 is 4.74 Å². The van der Waals surface area contributed by atoms with E-state index in [1.807, 2.05) is 24.3 Å². The van der Waals surface area contributed by atoms with Crippen LogP contribution < -0.4 is 15.2 Å². The van der Waals surface area contributed by atoms with Crippen LogP contribution in [0.15, 0.2) is 24.3 Å². The van der Waals surface area contributed by atoms with Crippen LogP contribution >= 0.6 is 0 Å². The van der Waals surface area contributed by atoms with Crippen LogP contribution in [-0.2, 0) is 16.0 Å². The Labute approximate surface area is 134 Å². The fourth-order valence-corrected chi connectivity index (χ4v) is 3.71. The Morgan fingerprint density at radius 2 is 1.87 bits per heavy atom. The van der Waals surface area contributed by atoms with E-state index in [1.54, 1.807) is 6.08 Å². The lowest BCUT2D eigenvalue weighted by Gasteiger charge is -2.33. The topological polar surface area (TPSA) is 43.4 Å². The molecule has 0 saturated carbocycles. The molecule has 0 radical (unpaired) electrons. The number of fused-ring (bicyclic) bond motifs is 6. The van der Waals surface area contributed by atoms with Gasteiger partial charge in [-0.3, -0.25) is 9.59 Å². The van der Waals surface area contributed by atoms with E-state index >= 15 is 0 Å². The molecule has 1 heterocycles. The van der Waals surface area contributed by atoms with Gasteiger partial charge in [-0.05, 0) is 50.3 Å². The van der Waals surface area contributed by atoms with Crippen LogP contribution in [0.2, 0.25) is 0 Å². The molecular weight excluding hydrogens is 288 g/mol. The van der Waals surface area contributed by atoms with E-state index < -0.39 is 0 Å². The SMILES string of the molecule is CC(=O)C1=c2c3c(c4ccccc4c2=CC1=O)OC(C)(C)CC3. The molecule has 1 aliphatic carbocycles. The molecule has 0 atom stereocenters. The van der Waals surface area contributed by atoms with E-state index in [4.69, 9.17) is 4.74 Å². The molecular formula is C20H18O3. The molecule has 2 aromatic carbocycles.